The minimum Gasteiger partial charge on any atom is -0.396 e. The summed E-state index contributed by atoms with van der Waals surface area (Å²) < 4.78 is 0. The van der Waals surface area contributed by atoms with Crippen molar-refractivity contribution in [3.8, 4) is 0 Å². The van der Waals surface area contributed by atoms with Gasteiger partial charge >= 0.3 is 0 Å². The van der Waals surface area contributed by atoms with E-state index < -0.39 is 5.60 Å². The molecule has 2 nitrogen and oxygen atoms in total. The van der Waals surface area contributed by atoms with Gasteiger partial charge in [-0.05, 0) is 49.9 Å². The van der Waals surface area contributed by atoms with Gasteiger partial charge in [-0.25, -0.2) is 0 Å². The van der Waals surface area contributed by atoms with Gasteiger partial charge in [0.05, 0.1) is 5.60 Å². The number of fused-ring (bicyclic) bond motifs is 1. The molecule has 2 aliphatic carbocycles. The summed E-state index contributed by atoms with van der Waals surface area (Å²) in [6.45, 7) is 4.43. The molecule has 2 N–H and O–H groups in total. The zero-order valence-corrected chi connectivity index (χ0v) is 11.1. The molecule has 0 amide bonds. The van der Waals surface area contributed by atoms with Gasteiger partial charge in [-0.3, -0.25) is 0 Å². The molecule has 0 aromatic rings. The largest absolute Gasteiger partial charge is 0.396 e. The van der Waals surface area contributed by atoms with Crippen molar-refractivity contribution < 1.29 is 10.2 Å². The molecule has 0 bridgehead atoms. The third-order valence-electron chi connectivity index (χ3n) is 4.76. The fraction of sp³-hybridized carbons (Fsp3) is 1.00. The normalized spacial score (nSPS) is 55.4. The number of alkyl halides is 1. The number of hydrogen-bond donors (Lipinski definition) is 2. The highest BCUT2D eigenvalue weighted by Crippen LogP contribution is 2.60. The van der Waals surface area contributed by atoms with Crippen LogP contribution in [0.25, 0.3) is 0 Å². The smallest absolute Gasteiger partial charge is 0.0657 e. The van der Waals surface area contributed by atoms with Gasteiger partial charge in [0.15, 0.2) is 0 Å². The van der Waals surface area contributed by atoms with Crippen molar-refractivity contribution in [1.29, 1.82) is 0 Å². The molecule has 0 aliphatic heterocycles. The van der Waals surface area contributed by atoms with Gasteiger partial charge in [0.25, 0.3) is 0 Å². The number of rotatable bonds is 1. The lowest BCUT2D eigenvalue weighted by molar-refractivity contribution is -0.0988. The van der Waals surface area contributed by atoms with E-state index in [0.29, 0.717) is 4.83 Å². The van der Waals surface area contributed by atoms with Crippen LogP contribution < -0.4 is 0 Å². The van der Waals surface area contributed by atoms with Crippen LogP contribution in [0.4, 0.5) is 0 Å². The van der Waals surface area contributed by atoms with Gasteiger partial charge in [0.2, 0.25) is 0 Å². The Hall–Kier alpha value is 0.400. The van der Waals surface area contributed by atoms with Crippen molar-refractivity contribution in [2.75, 3.05) is 6.61 Å². The highest BCUT2D eigenvalue weighted by molar-refractivity contribution is 9.09. The molecule has 0 radical (unpaired) electrons. The first-order valence-corrected chi connectivity index (χ1v) is 6.80. The zero-order valence-electron chi connectivity index (χ0n) is 9.54. The summed E-state index contributed by atoms with van der Waals surface area (Å²) in [5.41, 5.74) is -0.432. The van der Waals surface area contributed by atoms with Crippen molar-refractivity contribution in [3.63, 3.8) is 0 Å². The standard InChI is InChI=1S/C12H21BrO2/c1-11-5-3-8(7-14)10(11)12(2,15)6-4-9(11)13/h8-10,14-15H,3-7H2,1-2H3/t8-,9+,10+,11-,12-/m1/s1. The molecule has 2 saturated carbocycles. The zero-order chi connectivity index (χ0) is 11.3. The Kier molecular flexibility index (Phi) is 2.94. The van der Waals surface area contributed by atoms with Crippen LogP contribution in [0.1, 0.15) is 39.5 Å². The molecule has 0 heterocycles. The first kappa shape index (κ1) is 11.9. The maximum Gasteiger partial charge on any atom is 0.0657 e. The lowest BCUT2D eigenvalue weighted by Crippen LogP contribution is -2.52. The maximum atomic E-state index is 10.5. The Morgan fingerprint density at radius 1 is 1.27 bits per heavy atom. The average Bonchev–Trinajstić information content (AvgIpc) is 2.53. The van der Waals surface area contributed by atoms with Crippen molar-refractivity contribution in [2.45, 2.75) is 50.0 Å². The summed E-state index contributed by atoms with van der Waals surface area (Å²) >= 11 is 3.77. The van der Waals surface area contributed by atoms with E-state index in [1.54, 1.807) is 0 Å². The first-order chi connectivity index (χ1) is 6.92. The van der Waals surface area contributed by atoms with Crippen molar-refractivity contribution >= 4 is 15.9 Å². The summed E-state index contributed by atoms with van der Waals surface area (Å²) in [7, 11) is 0. The first-order valence-electron chi connectivity index (χ1n) is 5.89. The van der Waals surface area contributed by atoms with Crippen molar-refractivity contribution in [1.82, 2.24) is 0 Å². The molecule has 0 aromatic carbocycles. The fourth-order valence-electron chi connectivity index (χ4n) is 4.03. The lowest BCUT2D eigenvalue weighted by Gasteiger charge is -2.50. The molecule has 15 heavy (non-hydrogen) atoms. The molecule has 0 aromatic heterocycles. The Morgan fingerprint density at radius 2 is 1.93 bits per heavy atom. The molecule has 88 valence electrons. The van der Waals surface area contributed by atoms with Gasteiger partial charge < -0.3 is 10.2 Å². The van der Waals surface area contributed by atoms with E-state index in [-0.39, 0.29) is 23.9 Å². The van der Waals surface area contributed by atoms with Crippen LogP contribution in [-0.4, -0.2) is 27.2 Å². The molecule has 2 rings (SSSR count). The van der Waals surface area contributed by atoms with Crippen LogP contribution in [0.3, 0.4) is 0 Å². The van der Waals surface area contributed by atoms with Gasteiger partial charge in [-0.15, -0.1) is 0 Å². The summed E-state index contributed by atoms with van der Waals surface area (Å²) in [5.74, 6) is 0.526. The molecular weight excluding hydrogens is 256 g/mol. The van der Waals surface area contributed by atoms with Crippen LogP contribution in [0.5, 0.6) is 0 Å². The highest BCUT2D eigenvalue weighted by Gasteiger charge is 2.58. The van der Waals surface area contributed by atoms with Crippen LogP contribution in [0.15, 0.2) is 0 Å². The van der Waals surface area contributed by atoms with Gasteiger partial charge in [0.1, 0.15) is 0 Å². The predicted molar refractivity (Wildman–Crippen MR) is 64.0 cm³/mol. The van der Waals surface area contributed by atoms with E-state index in [2.05, 4.69) is 22.9 Å². The summed E-state index contributed by atoms with van der Waals surface area (Å²) in [6.07, 6.45) is 4.06. The van der Waals surface area contributed by atoms with Gasteiger partial charge in [-0.2, -0.15) is 0 Å². The number of halogens is 1. The molecular formula is C12H21BrO2. The van der Waals surface area contributed by atoms with E-state index in [4.69, 9.17) is 0 Å². The lowest BCUT2D eigenvalue weighted by atomic mass is 9.60. The Morgan fingerprint density at radius 3 is 2.53 bits per heavy atom. The molecule has 5 atom stereocenters. The van der Waals surface area contributed by atoms with Gasteiger partial charge in [-0.1, -0.05) is 22.9 Å². The topological polar surface area (TPSA) is 40.5 Å². The molecule has 0 unspecified atom stereocenters. The Bertz CT molecular complexity index is 254. The van der Waals surface area contributed by atoms with E-state index in [9.17, 15) is 10.2 Å². The number of aliphatic hydroxyl groups excluding tert-OH is 1. The number of aliphatic hydroxyl groups is 2. The van der Waals surface area contributed by atoms with E-state index in [1.807, 2.05) is 6.92 Å². The molecule has 0 saturated heterocycles. The Balaban J connectivity index is 2.33. The van der Waals surface area contributed by atoms with E-state index in [0.717, 1.165) is 25.7 Å². The molecule has 2 aliphatic rings. The fourth-order valence-corrected chi connectivity index (χ4v) is 4.77. The van der Waals surface area contributed by atoms with Crippen LogP contribution in [0, 0.1) is 17.3 Å². The highest BCUT2D eigenvalue weighted by atomic mass is 79.9. The third kappa shape index (κ3) is 1.67. The van der Waals surface area contributed by atoms with Crippen LogP contribution in [0.2, 0.25) is 0 Å². The summed E-state index contributed by atoms with van der Waals surface area (Å²) in [6, 6.07) is 0. The summed E-state index contributed by atoms with van der Waals surface area (Å²) in [5, 5.41) is 19.9. The second-order valence-electron chi connectivity index (χ2n) is 5.83. The number of hydrogen-bond acceptors (Lipinski definition) is 2. The third-order valence-corrected chi connectivity index (χ3v) is 6.26. The SMILES string of the molecule is C[C@]12CC[C@H](CO)[C@@H]1[C@](C)(O)CC[C@@H]2Br. The summed E-state index contributed by atoms with van der Waals surface area (Å²) in [4.78, 5) is 0.492. The molecule has 3 heteroatoms. The quantitative estimate of drug-likeness (QED) is 0.722. The van der Waals surface area contributed by atoms with Crippen molar-refractivity contribution in [2.24, 2.45) is 17.3 Å². The Labute approximate surface area is 100 Å². The molecule has 0 spiro atoms. The molecule has 2 fully saturated rings. The maximum absolute atomic E-state index is 10.5. The van der Waals surface area contributed by atoms with Gasteiger partial charge in [0, 0.05) is 11.4 Å². The second kappa shape index (κ2) is 3.71. The van der Waals surface area contributed by atoms with E-state index >= 15 is 0 Å². The van der Waals surface area contributed by atoms with Crippen LogP contribution in [-0.2, 0) is 0 Å². The minimum absolute atomic E-state index is 0.162. The predicted octanol–water partition coefficient (Wildman–Crippen LogP) is 2.32. The minimum atomic E-state index is -0.594. The van der Waals surface area contributed by atoms with E-state index in [1.165, 1.54) is 0 Å². The van der Waals surface area contributed by atoms with Crippen molar-refractivity contribution in [3.05, 3.63) is 0 Å². The van der Waals surface area contributed by atoms with Crippen LogP contribution >= 0.6 is 15.9 Å². The monoisotopic (exact) mass is 276 g/mol. The average molecular weight is 277 g/mol. The second-order valence-corrected chi connectivity index (χ2v) is 6.93.